The van der Waals surface area contributed by atoms with Gasteiger partial charge >= 0.3 is 5.97 Å². The summed E-state index contributed by atoms with van der Waals surface area (Å²) in [6.07, 6.45) is 0.707. The molecule has 0 aliphatic rings. The molecule has 2 nitrogen and oxygen atoms in total. The van der Waals surface area contributed by atoms with Crippen LogP contribution in [-0.2, 0) is 4.79 Å². The number of carboxylic acids is 1. The molecular weight excluding hydrogens is 128 g/mol. The Bertz CT molecular complexity index is 122. The molecule has 2 heteroatoms. The van der Waals surface area contributed by atoms with Gasteiger partial charge in [0, 0.05) is 0 Å². The quantitative estimate of drug-likeness (QED) is 0.644. The van der Waals surface area contributed by atoms with E-state index in [9.17, 15) is 4.79 Å². The Morgan fingerprint density at radius 1 is 1.50 bits per heavy atom. The van der Waals surface area contributed by atoms with Gasteiger partial charge in [0.1, 0.15) is 0 Å². The van der Waals surface area contributed by atoms with Crippen LogP contribution in [0.2, 0.25) is 0 Å². The second kappa shape index (κ2) is 3.04. The number of hydrogen-bond acceptors (Lipinski definition) is 1. The topological polar surface area (TPSA) is 37.3 Å². The third-order valence-corrected chi connectivity index (χ3v) is 1.75. The zero-order valence-corrected chi connectivity index (χ0v) is 7.14. The predicted molar refractivity (Wildman–Crippen MR) is 40.9 cm³/mol. The lowest BCUT2D eigenvalue weighted by molar-refractivity contribution is -0.145. The van der Waals surface area contributed by atoms with Crippen molar-refractivity contribution in [2.24, 2.45) is 11.3 Å². The monoisotopic (exact) mass is 144 g/mol. The highest BCUT2D eigenvalue weighted by molar-refractivity contribution is 5.70. The average molecular weight is 144 g/mol. The summed E-state index contributed by atoms with van der Waals surface area (Å²) in [5.74, 6) is -0.900. The zero-order chi connectivity index (χ0) is 8.36. The van der Waals surface area contributed by atoms with Crippen molar-refractivity contribution in [1.29, 1.82) is 0 Å². The fraction of sp³-hybridized carbons (Fsp3) is 0.875. The van der Waals surface area contributed by atoms with Gasteiger partial charge in [-0.15, -0.1) is 0 Å². The van der Waals surface area contributed by atoms with Crippen LogP contribution < -0.4 is 0 Å². The normalized spacial score (nSPS) is 14.8. The van der Waals surface area contributed by atoms with Gasteiger partial charge in [-0.1, -0.05) is 27.7 Å². The van der Waals surface area contributed by atoms with E-state index in [0.29, 0.717) is 6.42 Å². The molecule has 10 heavy (non-hydrogen) atoms. The highest BCUT2D eigenvalue weighted by Gasteiger charge is 2.28. The maximum Gasteiger partial charge on any atom is 0.307 e. The van der Waals surface area contributed by atoms with Gasteiger partial charge in [0.15, 0.2) is 0 Å². The number of hydrogen-bond donors (Lipinski definition) is 1. The molecule has 1 atom stereocenters. The van der Waals surface area contributed by atoms with Crippen LogP contribution in [0.1, 0.15) is 34.1 Å². The minimum absolute atomic E-state index is 0.111. The molecule has 0 saturated carbocycles. The molecule has 0 fully saturated rings. The fourth-order valence-corrected chi connectivity index (χ4v) is 1.16. The van der Waals surface area contributed by atoms with Crippen molar-refractivity contribution < 1.29 is 9.90 Å². The molecule has 0 aliphatic heterocycles. The lowest BCUT2D eigenvalue weighted by atomic mass is 9.79. The first-order valence-corrected chi connectivity index (χ1v) is 3.62. The van der Waals surface area contributed by atoms with Crippen LogP contribution >= 0.6 is 0 Å². The lowest BCUT2D eigenvalue weighted by Gasteiger charge is -2.25. The Morgan fingerprint density at radius 2 is 1.90 bits per heavy atom. The molecule has 0 amide bonds. The Kier molecular flexibility index (Phi) is 2.88. The summed E-state index contributed by atoms with van der Waals surface area (Å²) in [5.41, 5.74) is -0.111. The van der Waals surface area contributed by atoms with Gasteiger partial charge in [-0.05, 0) is 11.8 Å². The average Bonchev–Trinajstić information content (AvgIpc) is 1.60. The Labute approximate surface area is 62.2 Å². The molecule has 0 aromatic heterocycles. The summed E-state index contributed by atoms with van der Waals surface area (Å²) < 4.78 is 0. The molecule has 0 bridgehead atoms. The van der Waals surface area contributed by atoms with Crippen molar-refractivity contribution in [1.82, 2.24) is 0 Å². The summed E-state index contributed by atoms with van der Waals surface area (Å²) in [6, 6.07) is 0. The maximum absolute atomic E-state index is 10.6. The molecule has 1 N–H and O–H groups in total. The maximum atomic E-state index is 10.6. The van der Waals surface area contributed by atoms with Crippen molar-refractivity contribution >= 4 is 5.97 Å². The van der Waals surface area contributed by atoms with Gasteiger partial charge in [-0.2, -0.15) is 0 Å². The molecular formula is C8H16O2. The highest BCUT2D eigenvalue weighted by Crippen LogP contribution is 2.28. The third kappa shape index (κ3) is 2.38. The van der Waals surface area contributed by atoms with E-state index in [2.05, 4.69) is 0 Å². The van der Waals surface area contributed by atoms with E-state index in [1.54, 1.807) is 0 Å². The number of carbonyl (C=O) groups is 1. The number of carboxylic acid groups (broad SMARTS) is 1. The summed E-state index contributed by atoms with van der Waals surface area (Å²) in [6.45, 7) is 7.77. The molecule has 0 aromatic carbocycles. The molecule has 0 radical (unpaired) electrons. The molecule has 0 rings (SSSR count). The van der Waals surface area contributed by atoms with Crippen LogP contribution in [0.5, 0.6) is 0 Å². The standard InChI is InChI=1S/C8H16O2/c1-5-6(7(9)10)8(2,3)4/h6H,5H2,1-4H3,(H,9,10). The van der Waals surface area contributed by atoms with Crippen LogP contribution in [-0.4, -0.2) is 11.1 Å². The first-order valence-electron chi connectivity index (χ1n) is 3.62. The largest absolute Gasteiger partial charge is 0.481 e. The Hall–Kier alpha value is -0.530. The van der Waals surface area contributed by atoms with Gasteiger partial charge in [0.05, 0.1) is 5.92 Å². The van der Waals surface area contributed by atoms with Gasteiger partial charge in [-0.3, -0.25) is 4.79 Å². The smallest absolute Gasteiger partial charge is 0.307 e. The highest BCUT2D eigenvalue weighted by atomic mass is 16.4. The second-order valence-corrected chi connectivity index (χ2v) is 3.67. The van der Waals surface area contributed by atoms with Gasteiger partial charge < -0.3 is 5.11 Å². The molecule has 0 saturated heterocycles. The molecule has 0 aromatic rings. The van der Waals surface area contributed by atoms with Crippen molar-refractivity contribution in [3.63, 3.8) is 0 Å². The SMILES string of the molecule is CCC(C(=O)O)C(C)(C)C. The van der Waals surface area contributed by atoms with Gasteiger partial charge in [-0.25, -0.2) is 0 Å². The molecule has 0 aliphatic carbocycles. The summed E-state index contributed by atoms with van der Waals surface area (Å²) in [4.78, 5) is 10.6. The first kappa shape index (κ1) is 9.47. The molecule has 1 unspecified atom stereocenters. The van der Waals surface area contributed by atoms with Crippen molar-refractivity contribution in [3.8, 4) is 0 Å². The minimum atomic E-state index is -0.685. The second-order valence-electron chi connectivity index (χ2n) is 3.67. The van der Waals surface area contributed by atoms with E-state index in [1.165, 1.54) is 0 Å². The van der Waals surface area contributed by atoms with Crippen molar-refractivity contribution in [2.45, 2.75) is 34.1 Å². The van der Waals surface area contributed by atoms with Gasteiger partial charge in [0.2, 0.25) is 0 Å². The fourth-order valence-electron chi connectivity index (χ4n) is 1.16. The van der Waals surface area contributed by atoms with Gasteiger partial charge in [0.25, 0.3) is 0 Å². The van der Waals surface area contributed by atoms with Crippen LogP contribution in [0, 0.1) is 11.3 Å². The van der Waals surface area contributed by atoms with Crippen LogP contribution in [0.25, 0.3) is 0 Å². The van der Waals surface area contributed by atoms with Crippen LogP contribution in [0.3, 0.4) is 0 Å². The Morgan fingerprint density at radius 3 is 1.90 bits per heavy atom. The van der Waals surface area contributed by atoms with E-state index in [1.807, 2.05) is 27.7 Å². The first-order chi connectivity index (χ1) is 4.39. The van der Waals surface area contributed by atoms with Crippen molar-refractivity contribution in [3.05, 3.63) is 0 Å². The van der Waals surface area contributed by atoms with E-state index in [0.717, 1.165) is 0 Å². The van der Waals surface area contributed by atoms with E-state index in [4.69, 9.17) is 5.11 Å². The lowest BCUT2D eigenvalue weighted by Crippen LogP contribution is -2.27. The third-order valence-electron chi connectivity index (χ3n) is 1.75. The number of aliphatic carboxylic acids is 1. The predicted octanol–water partition coefficient (Wildman–Crippen LogP) is 2.14. The van der Waals surface area contributed by atoms with Crippen LogP contribution in [0.4, 0.5) is 0 Å². The Balaban J connectivity index is 4.22. The van der Waals surface area contributed by atoms with E-state index in [-0.39, 0.29) is 11.3 Å². The van der Waals surface area contributed by atoms with Crippen LogP contribution in [0.15, 0.2) is 0 Å². The molecule has 60 valence electrons. The molecule has 0 heterocycles. The summed E-state index contributed by atoms with van der Waals surface area (Å²) >= 11 is 0. The summed E-state index contributed by atoms with van der Waals surface area (Å²) in [7, 11) is 0. The summed E-state index contributed by atoms with van der Waals surface area (Å²) in [5, 5.41) is 8.71. The molecule has 0 spiro atoms. The number of rotatable bonds is 2. The minimum Gasteiger partial charge on any atom is -0.481 e. The van der Waals surface area contributed by atoms with Crippen molar-refractivity contribution in [2.75, 3.05) is 0 Å². The van der Waals surface area contributed by atoms with E-state index < -0.39 is 5.97 Å². The zero-order valence-electron chi connectivity index (χ0n) is 7.14. The van der Waals surface area contributed by atoms with E-state index >= 15 is 0 Å².